The second kappa shape index (κ2) is 13.0. The van der Waals surface area contributed by atoms with Gasteiger partial charge in [-0.1, -0.05) is 0 Å². The van der Waals surface area contributed by atoms with Gasteiger partial charge < -0.3 is 42.1 Å². The van der Waals surface area contributed by atoms with Gasteiger partial charge in [0.15, 0.2) is 0 Å². The SMILES string of the molecule is NC(CC(=O)O)C(=O)NC(CC(=O)O)C(=O)NC(CS)C(=O)NC(CC(=O)O)C(=O)O. The molecule has 174 valence electrons. The molecule has 0 bridgehead atoms. The Bertz CT molecular complexity index is 744. The summed E-state index contributed by atoms with van der Waals surface area (Å²) in [6.45, 7) is 0. The van der Waals surface area contributed by atoms with Crippen LogP contribution in [0.4, 0.5) is 0 Å². The molecule has 0 saturated carbocycles. The lowest BCUT2D eigenvalue weighted by molar-refractivity contribution is -0.147. The Morgan fingerprint density at radius 2 is 1.03 bits per heavy atom. The lowest BCUT2D eigenvalue weighted by Crippen LogP contribution is -2.58. The molecule has 16 heteroatoms. The van der Waals surface area contributed by atoms with Crippen LogP contribution in [0.2, 0.25) is 0 Å². The van der Waals surface area contributed by atoms with E-state index >= 15 is 0 Å². The molecule has 0 aromatic rings. The number of carbonyl (C=O) groups is 7. The molecule has 0 heterocycles. The fourth-order valence-corrected chi connectivity index (χ4v) is 2.31. The first-order valence-corrected chi connectivity index (χ1v) is 9.07. The third kappa shape index (κ3) is 10.8. The molecular formula is C15H22N4O11S. The average molecular weight is 466 g/mol. The van der Waals surface area contributed by atoms with Gasteiger partial charge >= 0.3 is 23.9 Å². The zero-order valence-electron chi connectivity index (χ0n) is 15.8. The van der Waals surface area contributed by atoms with Crippen LogP contribution in [0.3, 0.4) is 0 Å². The Hall–Kier alpha value is -3.40. The smallest absolute Gasteiger partial charge is 0.326 e. The maximum absolute atomic E-state index is 12.4. The largest absolute Gasteiger partial charge is 0.481 e. The molecule has 0 spiro atoms. The second-order valence-electron chi connectivity index (χ2n) is 6.10. The van der Waals surface area contributed by atoms with Crippen LogP contribution in [0.25, 0.3) is 0 Å². The fraction of sp³-hybridized carbons (Fsp3) is 0.533. The van der Waals surface area contributed by atoms with Crippen molar-refractivity contribution in [1.82, 2.24) is 16.0 Å². The summed E-state index contributed by atoms with van der Waals surface area (Å²) in [6.07, 6.45) is -2.70. The van der Waals surface area contributed by atoms with Gasteiger partial charge in [0, 0.05) is 5.75 Å². The molecule has 9 N–H and O–H groups in total. The van der Waals surface area contributed by atoms with Gasteiger partial charge in [-0.3, -0.25) is 28.8 Å². The highest BCUT2D eigenvalue weighted by Gasteiger charge is 2.31. The van der Waals surface area contributed by atoms with Gasteiger partial charge in [-0.05, 0) is 0 Å². The number of hydrogen-bond donors (Lipinski definition) is 9. The van der Waals surface area contributed by atoms with E-state index in [1.165, 1.54) is 0 Å². The third-order valence-corrected chi connectivity index (χ3v) is 3.92. The molecule has 0 aromatic carbocycles. The van der Waals surface area contributed by atoms with Crippen molar-refractivity contribution in [2.24, 2.45) is 5.73 Å². The number of amides is 3. The zero-order valence-corrected chi connectivity index (χ0v) is 16.7. The van der Waals surface area contributed by atoms with Gasteiger partial charge in [-0.25, -0.2) is 4.79 Å². The number of aliphatic carboxylic acids is 4. The Kier molecular flexibility index (Phi) is 11.6. The summed E-state index contributed by atoms with van der Waals surface area (Å²) < 4.78 is 0. The van der Waals surface area contributed by atoms with E-state index in [9.17, 15) is 33.6 Å². The van der Waals surface area contributed by atoms with Gasteiger partial charge in [0.2, 0.25) is 17.7 Å². The highest BCUT2D eigenvalue weighted by atomic mass is 32.1. The van der Waals surface area contributed by atoms with E-state index in [1.54, 1.807) is 0 Å². The molecule has 0 aliphatic carbocycles. The number of carbonyl (C=O) groups excluding carboxylic acids is 3. The molecule has 0 aliphatic rings. The first-order chi connectivity index (χ1) is 14.3. The van der Waals surface area contributed by atoms with Crippen LogP contribution < -0.4 is 21.7 Å². The van der Waals surface area contributed by atoms with Crippen molar-refractivity contribution in [2.45, 2.75) is 43.4 Å². The average Bonchev–Trinajstić information content (AvgIpc) is 2.63. The van der Waals surface area contributed by atoms with Crippen LogP contribution in [0.1, 0.15) is 19.3 Å². The normalized spacial score (nSPS) is 14.3. The third-order valence-electron chi connectivity index (χ3n) is 3.55. The van der Waals surface area contributed by atoms with Crippen LogP contribution >= 0.6 is 12.6 Å². The van der Waals surface area contributed by atoms with Crippen LogP contribution in [-0.4, -0.2) is 91.9 Å². The van der Waals surface area contributed by atoms with Crippen molar-refractivity contribution in [3.63, 3.8) is 0 Å². The van der Waals surface area contributed by atoms with Gasteiger partial charge in [-0.15, -0.1) is 0 Å². The van der Waals surface area contributed by atoms with Crippen LogP contribution in [0.5, 0.6) is 0 Å². The Morgan fingerprint density at radius 3 is 1.45 bits per heavy atom. The topological polar surface area (TPSA) is 263 Å². The van der Waals surface area contributed by atoms with Crippen LogP contribution in [0.15, 0.2) is 0 Å². The molecule has 0 fully saturated rings. The summed E-state index contributed by atoms with van der Waals surface area (Å²) in [5, 5.41) is 41.1. The van der Waals surface area contributed by atoms with Crippen molar-refractivity contribution in [3.05, 3.63) is 0 Å². The summed E-state index contributed by atoms with van der Waals surface area (Å²) >= 11 is 3.82. The molecule has 0 aliphatic heterocycles. The van der Waals surface area contributed by atoms with E-state index in [4.69, 9.17) is 26.2 Å². The Balaban J connectivity index is 5.29. The van der Waals surface area contributed by atoms with Crippen LogP contribution in [0, 0.1) is 0 Å². The number of thiol groups is 1. The molecule has 0 saturated heterocycles. The molecule has 15 nitrogen and oxygen atoms in total. The standard InChI is InChI=1S/C15H22N4O11S/c16-5(1-9(20)21)12(26)17-6(2-10(22)23)13(27)19-8(4-31)14(28)18-7(15(29)30)3-11(24)25/h5-8,31H,1-4,16H2,(H,17,26)(H,18,28)(H,19,27)(H,20,21)(H,22,23)(H,24,25)(H,29,30). The molecule has 4 atom stereocenters. The van der Waals surface area contributed by atoms with E-state index in [1.807, 2.05) is 10.6 Å². The highest BCUT2D eigenvalue weighted by Crippen LogP contribution is 2.01. The first kappa shape index (κ1) is 27.6. The number of carboxylic acid groups (broad SMARTS) is 4. The summed E-state index contributed by atoms with van der Waals surface area (Å²) in [4.78, 5) is 79.8. The molecule has 0 aromatic heterocycles. The summed E-state index contributed by atoms with van der Waals surface area (Å²) in [5.41, 5.74) is 5.34. The molecule has 0 rings (SSSR count). The first-order valence-electron chi connectivity index (χ1n) is 8.44. The molecule has 4 unspecified atom stereocenters. The van der Waals surface area contributed by atoms with E-state index < -0.39 is 90.8 Å². The van der Waals surface area contributed by atoms with Crippen molar-refractivity contribution < 1.29 is 54.0 Å². The second-order valence-corrected chi connectivity index (χ2v) is 6.47. The molecular weight excluding hydrogens is 444 g/mol. The zero-order chi connectivity index (χ0) is 24.3. The van der Waals surface area contributed by atoms with E-state index in [0.29, 0.717) is 0 Å². The van der Waals surface area contributed by atoms with Crippen molar-refractivity contribution in [3.8, 4) is 0 Å². The Morgan fingerprint density at radius 1 is 0.645 bits per heavy atom. The van der Waals surface area contributed by atoms with Crippen molar-refractivity contribution >= 4 is 54.2 Å². The van der Waals surface area contributed by atoms with E-state index in [0.717, 1.165) is 0 Å². The Labute approximate surface area is 179 Å². The maximum Gasteiger partial charge on any atom is 0.326 e. The van der Waals surface area contributed by atoms with Gasteiger partial charge in [0.1, 0.15) is 18.1 Å². The van der Waals surface area contributed by atoms with Gasteiger partial charge in [0.25, 0.3) is 0 Å². The van der Waals surface area contributed by atoms with Crippen molar-refractivity contribution in [1.29, 1.82) is 0 Å². The number of nitrogens with two attached hydrogens (primary N) is 1. The highest BCUT2D eigenvalue weighted by molar-refractivity contribution is 7.80. The summed E-state index contributed by atoms with van der Waals surface area (Å²) in [7, 11) is 0. The number of hydrogen-bond acceptors (Lipinski definition) is 9. The van der Waals surface area contributed by atoms with Crippen LogP contribution in [-0.2, 0) is 33.6 Å². The number of rotatable bonds is 14. The van der Waals surface area contributed by atoms with Gasteiger partial charge in [-0.2, -0.15) is 12.6 Å². The number of nitrogens with one attached hydrogen (secondary N) is 3. The lowest BCUT2D eigenvalue weighted by Gasteiger charge is -2.23. The van der Waals surface area contributed by atoms with Gasteiger partial charge in [0.05, 0.1) is 25.3 Å². The quantitative estimate of drug-likeness (QED) is 0.112. The molecule has 3 amide bonds. The predicted octanol–water partition coefficient (Wildman–Crippen LogP) is -3.79. The predicted molar refractivity (Wildman–Crippen MR) is 102 cm³/mol. The summed E-state index contributed by atoms with van der Waals surface area (Å²) in [6, 6.07) is -6.67. The minimum atomic E-state index is -1.81. The van der Waals surface area contributed by atoms with E-state index in [-0.39, 0.29) is 0 Å². The summed E-state index contributed by atoms with van der Waals surface area (Å²) in [5.74, 6) is -9.94. The monoisotopic (exact) mass is 466 g/mol. The number of carboxylic acids is 4. The lowest BCUT2D eigenvalue weighted by atomic mass is 10.1. The minimum absolute atomic E-state index is 0.400. The van der Waals surface area contributed by atoms with E-state index in [2.05, 4.69) is 17.9 Å². The minimum Gasteiger partial charge on any atom is -0.481 e. The molecule has 0 radical (unpaired) electrons. The maximum atomic E-state index is 12.4. The fourth-order valence-electron chi connectivity index (χ4n) is 2.06. The molecule has 31 heavy (non-hydrogen) atoms. The van der Waals surface area contributed by atoms with Crippen molar-refractivity contribution in [2.75, 3.05) is 5.75 Å².